The van der Waals surface area contributed by atoms with Gasteiger partial charge in [-0.05, 0) is 39.0 Å². The highest BCUT2D eigenvalue weighted by molar-refractivity contribution is 7.90. The van der Waals surface area contributed by atoms with Crippen LogP contribution in [0.3, 0.4) is 0 Å². The maximum Gasteiger partial charge on any atom is 0.326 e. The Morgan fingerprint density at radius 1 is 1.30 bits per heavy atom. The fourth-order valence-corrected chi connectivity index (χ4v) is 3.93. The third-order valence-corrected chi connectivity index (χ3v) is 4.77. The van der Waals surface area contributed by atoms with Crippen LogP contribution in [0.4, 0.5) is 0 Å². The first-order chi connectivity index (χ1) is 10.3. The maximum atomic E-state index is 12.0. The summed E-state index contributed by atoms with van der Waals surface area (Å²) in [5, 5.41) is 11.7. The largest absolute Gasteiger partial charge is 0.480 e. The van der Waals surface area contributed by atoms with E-state index >= 15 is 0 Å². The van der Waals surface area contributed by atoms with Crippen molar-refractivity contribution in [2.24, 2.45) is 5.41 Å². The summed E-state index contributed by atoms with van der Waals surface area (Å²) < 4.78 is 28.3. The minimum absolute atomic E-state index is 0.0295. The number of aliphatic carboxylic acids is 1. The molecule has 0 spiro atoms. The van der Waals surface area contributed by atoms with Crippen molar-refractivity contribution in [3.05, 3.63) is 0 Å². The van der Waals surface area contributed by atoms with Crippen molar-refractivity contribution < 1.29 is 27.9 Å². The Bertz CT molecular complexity index is 545. The highest BCUT2D eigenvalue weighted by Gasteiger charge is 2.46. The zero-order valence-electron chi connectivity index (χ0n) is 14.2. The minimum atomic E-state index is -3.16. The van der Waals surface area contributed by atoms with Gasteiger partial charge in [-0.25, -0.2) is 13.2 Å². The molecule has 0 aromatic carbocycles. The predicted octanol–water partition coefficient (Wildman–Crippen LogP) is 0.976. The number of hydrogen-bond acceptors (Lipinski definition) is 5. The molecule has 0 aromatic rings. The van der Waals surface area contributed by atoms with E-state index in [1.165, 1.54) is 0 Å². The summed E-state index contributed by atoms with van der Waals surface area (Å²) in [5.41, 5.74) is -0.886. The molecule has 0 radical (unpaired) electrons. The van der Waals surface area contributed by atoms with Gasteiger partial charge in [0.05, 0.1) is 11.4 Å². The van der Waals surface area contributed by atoms with E-state index in [1.54, 1.807) is 0 Å². The molecule has 0 heterocycles. The first-order valence-electron chi connectivity index (χ1n) is 7.66. The molecule has 7 nitrogen and oxygen atoms in total. The summed E-state index contributed by atoms with van der Waals surface area (Å²) in [5.74, 6) is -1.57. The predicted molar refractivity (Wildman–Crippen MR) is 85.9 cm³/mol. The zero-order valence-corrected chi connectivity index (χ0v) is 15.0. The molecule has 134 valence electrons. The van der Waals surface area contributed by atoms with Crippen LogP contribution in [0.2, 0.25) is 0 Å². The van der Waals surface area contributed by atoms with Gasteiger partial charge in [0.15, 0.2) is 0 Å². The fourth-order valence-electron chi connectivity index (χ4n) is 2.43. The fraction of sp³-hybridized carbons (Fsp3) is 0.867. The lowest BCUT2D eigenvalue weighted by Crippen LogP contribution is -2.43. The molecule has 1 fully saturated rings. The Hall–Kier alpha value is -1.15. The normalized spacial score (nSPS) is 18.3. The molecule has 1 amide bonds. The maximum absolute atomic E-state index is 12.0. The molecule has 0 bridgehead atoms. The Labute approximate surface area is 137 Å². The highest BCUT2D eigenvalue weighted by Crippen LogP contribution is 2.49. The molecule has 1 unspecified atom stereocenters. The van der Waals surface area contributed by atoms with E-state index in [0.717, 1.165) is 6.26 Å². The molecule has 8 heteroatoms. The molecule has 2 N–H and O–H groups in total. The van der Waals surface area contributed by atoms with Crippen LogP contribution in [0.25, 0.3) is 0 Å². The number of rotatable bonds is 9. The smallest absolute Gasteiger partial charge is 0.326 e. The van der Waals surface area contributed by atoms with Gasteiger partial charge in [-0.1, -0.05) is 0 Å². The van der Waals surface area contributed by atoms with Crippen molar-refractivity contribution in [2.75, 3.05) is 18.6 Å². The molecule has 1 rings (SSSR count). The van der Waals surface area contributed by atoms with Crippen molar-refractivity contribution >= 4 is 21.7 Å². The lowest BCUT2D eigenvalue weighted by molar-refractivity contribution is -0.143. The van der Waals surface area contributed by atoms with Crippen LogP contribution in [0.5, 0.6) is 0 Å². The third-order valence-electron chi connectivity index (χ3n) is 3.64. The van der Waals surface area contributed by atoms with Crippen LogP contribution in [-0.2, 0) is 24.2 Å². The lowest BCUT2D eigenvalue weighted by atomic mass is 10.0. The van der Waals surface area contributed by atoms with E-state index in [0.29, 0.717) is 12.8 Å². The van der Waals surface area contributed by atoms with Gasteiger partial charge in [0.2, 0.25) is 5.91 Å². The van der Waals surface area contributed by atoms with Gasteiger partial charge in [-0.15, -0.1) is 0 Å². The van der Waals surface area contributed by atoms with Gasteiger partial charge in [0.25, 0.3) is 0 Å². The number of carbonyl (C=O) groups excluding carboxylic acids is 1. The van der Waals surface area contributed by atoms with Gasteiger partial charge in [-0.2, -0.15) is 0 Å². The molecule has 0 aliphatic heterocycles. The number of carboxylic acids is 1. The Morgan fingerprint density at radius 3 is 2.26 bits per heavy atom. The number of carboxylic acid groups (broad SMARTS) is 1. The van der Waals surface area contributed by atoms with Crippen molar-refractivity contribution in [1.29, 1.82) is 0 Å². The van der Waals surface area contributed by atoms with E-state index in [9.17, 15) is 23.1 Å². The molecular weight excluding hydrogens is 322 g/mol. The lowest BCUT2D eigenvalue weighted by Gasteiger charge is -2.22. The number of carbonyl (C=O) groups is 2. The standard InChI is InChI=1S/C15H27NO6S/c1-14(2,3)22-8-5-11(13(18)19)16-12(17)9-15(6-7-15)10-23(4,20)21/h11H,5-10H2,1-4H3,(H,16,17)(H,18,19). The molecule has 23 heavy (non-hydrogen) atoms. The van der Waals surface area contributed by atoms with Crippen LogP contribution in [0.1, 0.15) is 46.5 Å². The number of ether oxygens (including phenoxy) is 1. The molecule has 1 aliphatic rings. The van der Waals surface area contributed by atoms with E-state index in [1.807, 2.05) is 20.8 Å². The second-order valence-electron chi connectivity index (χ2n) is 7.45. The highest BCUT2D eigenvalue weighted by atomic mass is 32.2. The number of hydrogen-bond donors (Lipinski definition) is 2. The topological polar surface area (TPSA) is 110 Å². The van der Waals surface area contributed by atoms with Crippen LogP contribution < -0.4 is 5.32 Å². The second-order valence-corrected chi connectivity index (χ2v) is 9.59. The minimum Gasteiger partial charge on any atom is -0.480 e. The average molecular weight is 349 g/mol. The summed E-state index contributed by atoms with van der Waals surface area (Å²) in [6.07, 6.45) is 2.72. The Morgan fingerprint density at radius 2 is 1.87 bits per heavy atom. The number of sulfone groups is 1. The molecule has 1 aliphatic carbocycles. The van der Waals surface area contributed by atoms with Gasteiger partial charge >= 0.3 is 5.97 Å². The van der Waals surface area contributed by atoms with Crippen LogP contribution in [-0.4, -0.2) is 55.7 Å². The molecule has 1 saturated carbocycles. The quantitative estimate of drug-likeness (QED) is 0.642. The van der Waals surface area contributed by atoms with Gasteiger partial charge < -0.3 is 15.2 Å². The second kappa shape index (κ2) is 7.17. The first-order valence-corrected chi connectivity index (χ1v) is 9.72. The number of nitrogens with one attached hydrogen (secondary N) is 1. The summed E-state index contributed by atoms with van der Waals surface area (Å²) in [7, 11) is -3.16. The molecule has 0 saturated heterocycles. The summed E-state index contributed by atoms with van der Waals surface area (Å²) in [6.45, 7) is 5.81. The van der Waals surface area contributed by atoms with E-state index in [-0.39, 0.29) is 30.8 Å². The van der Waals surface area contributed by atoms with Gasteiger partial charge in [0, 0.05) is 25.7 Å². The average Bonchev–Trinajstić information content (AvgIpc) is 3.02. The Balaban J connectivity index is 2.50. The van der Waals surface area contributed by atoms with E-state index in [4.69, 9.17) is 4.74 Å². The van der Waals surface area contributed by atoms with E-state index < -0.39 is 33.2 Å². The summed E-state index contributed by atoms with van der Waals surface area (Å²) in [4.78, 5) is 23.3. The van der Waals surface area contributed by atoms with Gasteiger partial charge in [0.1, 0.15) is 15.9 Å². The van der Waals surface area contributed by atoms with Crippen molar-refractivity contribution in [2.45, 2.75) is 58.1 Å². The third kappa shape index (κ3) is 8.31. The summed E-state index contributed by atoms with van der Waals surface area (Å²) in [6, 6.07) is -1.03. The molecule has 1 atom stereocenters. The molecular formula is C15H27NO6S. The van der Waals surface area contributed by atoms with Crippen molar-refractivity contribution in [3.63, 3.8) is 0 Å². The van der Waals surface area contributed by atoms with E-state index in [2.05, 4.69) is 5.32 Å². The van der Waals surface area contributed by atoms with Gasteiger partial charge in [-0.3, -0.25) is 4.79 Å². The SMILES string of the molecule is CC(C)(C)OCCC(NC(=O)CC1(CS(C)(=O)=O)CC1)C(=O)O. The summed E-state index contributed by atoms with van der Waals surface area (Å²) >= 11 is 0. The first kappa shape index (κ1) is 19.9. The Kier molecular flexibility index (Phi) is 6.20. The molecule has 0 aromatic heterocycles. The van der Waals surface area contributed by atoms with Crippen molar-refractivity contribution in [1.82, 2.24) is 5.32 Å². The van der Waals surface area contributed by atoms with Crippen LogP contribution >= 0.6 is 0 Å². The monoisotopic (exact) mass is 349 g/mol. The van der Waals surface area contributed by atoms with Crippen LogP contribution in [0.15, 0.2) is 0 Å². The van der Waals surface area contributed by atoms with Crippen LogP contribution in [0, 0.1) is 5.41 Å². The number of amides is 1. The zero-order chi connectivity index (χ0) is 17.9. The van der Waals surface area contributed by atoms with Crippen molar-refractivity contribution in [3.8, 4) is 0 Å².